The zero-order chi connectivity index (χ0) is 16.7. The Morgan fingerprint density at radius 3 is 2.75 bits per heavy atom. The summed E-state index contributed by atoms with van der Waals surface area (Å²) in [5, 5.41) is 16.5. The molecule has 7 heteroatoms. The number of aromatic carboxylic acids is 1. The first kappa shape index (κ1) is 14.9. The largest absolute Gasteiger partial charge is 0.478 e. The third-order valence-corrected chi connectivity index (χ3v) is 4.70. The van der Waals surface area contributed by atoms with Gasteiger partial charge in [-0.2, -0.15) is 0 Å². The zero-order valence-electron chi connectivity index (χ0n) is 12.2. The maximum absolute atomic E-state index is 11.5. The number of carboxylic acid groups (broad SMARTS) is 1. The molecule has 5 nitrogen and oxygen atoms in total. The fourth-order valence-corrected chi connectivity index (χ4v) is 3.42. The fraction of sp³-hybridized carbons (Fsp3) is 0. The molecule has 4 aromatic rings. The number of benzene rings is 1. The van der Waals surface area contributed by atoms with Crippen molar-refractivity contribution in [2.75, 3.05) is 0 Å². The van der Waals surface area contributed by atoms with Crippen LogP contribution in [-0.2, 0) is 0 Å². The molecule has 0 saturated carbocycles. The van der Waals surface area contributed by atoms with Crippen molar-refractivity contribution in [3.05, 3.63) is 64.5 Å². The number of rotatable bonds is 3. The van der Waals surface area contributed by atoms with Crippen molar-refractivity contribution in [3.8, 4) is 22.0 Å². The normalized spacial score (nSPS) is 11.0. The molecule has 3 aromatic heterocycles. The molecule has 0 amide bonds. The molecule has 0 radical (unpaired) electrons. The highest BCUT2D eigenvalue weighted by molar-refractivity contribution is 7.13. The first-order valence-corrected chi connectivity index (χ1v) is 8.32. The highest BCUT2D eigenvalue weighted by Crippen LogP contribution is 2.28. The molecular weight excluding hydrogens is 346 g/mol. The number of halogens is 1. The van der Waals surface area contributed by atoms with Crippen molar-refractivity contribution in [2.24, 2.45) is 0 Å². The summed E-state index contributed by atoms with van der Waals surface area (Å²) in [5.74, 6) is -0.605. The van der Waals surface area contributed by atoms with Crippen LogP contribution in [0.2, 0.25) is 5.02 Å². The van der Waals surface area contributed by atoms with Crippen LogP contribution in [0.4, 0.5) is 0 Å². The summed E-state index contributed by atoms with van der Waals surface area (Å²) in [6, 6.07) is 14.4. The van der Waals surface area contributed by atoms with Gasteiger partial charge in [0, 0.05) is 10.6 Å². The van der Waals surface area contributed by atoms with Gasteiger partial charge in [0.1, 0.15) is 5.56 Å². The summed E-state index contributed by atoms with van der Waals surface area (Å²) in [6.07, 6.45) is 0. The van der Waals surface area contributed by atoms with Crippen molar-refractivity contribution in [1.29, 1.82) is 0 Å². The van der Waals surface area contributed by atoms with Crippen molar-refractivity contribution < 1.29 is 9.90 Å². The molecule has 0 fully saturated rings. The lowest BCUT2D eigenvalue weighted by molar-refractivity contribution is 0.0698. The van der Waals surface area contributed by atoms with Crippen LogP contribution in [0.25, 0.3) is 27.6 Å². The molecule has 0 unspecified atom stereocenters. The smallest absolute Gasteiger partial charge is 0.339 e. The number of aromatic nitrogens is 3. The lowest BCUT2D eigenvalue weighted by atomic mass is 10.2. The predicted octanol–water partition coefficient (Wildman–Crippen LogP) is 4.48. The Hall–Kier alpha value is -2.70. The molecule has 3 heterocycles. The van der Waals surface area contributed by atoms with Gasteiger partial charge >= 0.3 is 5.97 Å². The number of hydrogen-bond donors (Lipinski definition) is 1. The van der Waals surface area contributed by atoms with Crippen molar-refractivity contribution in [3.63, 3.8) is 0 Å². The maximum atomic E-state index is 11.5. The molecule has 1 aromatic carbocycles. The van der Waals surface area contributed by atoms with Gasteiger partial charge < -0.3 is 5.11 Å². The zero-order valence-corrected chi connectivity index (χ0v) is 13.8. The Morgan fingerprint density at radius 1 is 1.17 bits per heavy atom. The van der Waals surface area contributed by atoms with Crippen LogP contribution in [-0.4, -0.2) is 25.7 Å². The van der Waals surface area contributed by atoms with Crippen LogP contribution < -0.4 is 0 Å². The number of carbonyl (C=O) groups is 1. The van der Waals surface area contributed by atoms with E-state index in [0.717, 1.165) is 16.1 Å². The molecule has 1 N–H and O–H groups in total. The van der Waals surface area contributed by atoms with Crippen molar-refractivity contribution in [2.45, 2.75) is 0 Å². The molecule has 4 rings (SSSR count). The van der Waals surface area contributed by atoms with Gasteiger partial charge in [-0.3, -0.25) is 0 Å². The number of fused-ring (bicyclic) bond motifs is 1. The number of nitrogens with zero attached hydrogens (tertiary/aromatic N) is 3. The minimum absolute atomic E-state index is 0.107. The van der Waals surface area contributed by atoms with Crippen LogP contribution in [0.3, 0.4) is 0 Å². The maximum Gasteiger partial charge on any atom is 0.339 e. The third-order valence-electron chi connectivity index (χ3n) is 3.57. The van der Waals surface area contributed by atoms with Crippen LogP contribution in [0.1, 0.15) is 10.4 Å². The predicted molar refractivity (Wildman–Crippen MR) is 93.7 cm³/mol. The summed E-state index contributed by atoms with van der Waals surface area (Å²) in [5.41, 5.74) is 1.95. The molecule has 0 aliphatic rings. The first-order valence-electron chi connectivity index (χ1n) is 7.06. The summed E-state index contributed by atoms with van der Waals surface area (Å²) < 4.78 is 1.57. The van der Waals surface area contributed by atoms with Gasteiger partial charge in [-0.25, -0.2) is 14.3 Å². The molecule has 0 spiro atoms. The van der Waals surface area contributed by atoms with Crippen molar-refractivity contribution in [1.82, 2.24) is 14.6 Å². The Kier molecular flexibility index (Phi) is 3.55. The number of thiophene rings is 1. The molecule has 0 atom stereocenters. The van der Waals surface area contributed by atoms with E-state index in [-0.39, 0.29) is 5.56 Å². The number of carboxylic acids is 1. The first-order chi connectivity index (χ1) is 11.6. The van der Waals surface area contributed by atoms with Crippen LogP contribution in [0, 0.1) is 0 Å². The lowest BCUT2D eigenvalue weighted by Gasteiger charge is -2.03. The van der Waals surface area contributed by atoms with E-state index in [0.29, 0.717) is 16.5 Å². The van der Waals surface area contributed by atoms with E-state index < -0.39 is 5.97 Å². The SMILES string of the molecule is O=C(O)c1ccc(-c2cccs2)n2nc(-c3cccc(Cl)c3)nc12. The van der Waals surface area contributed by atoms with E-state index in [1.54, 1.807) is 40.1 Å². The standard InChI is InChI=1S/C17H10ClN3O2S/c18-11-4-1-3-10(9-11)15-19-16-12(17(22)23)6-7-13(21(16)20-15)14-5-2-8-24-14/h1-9H,(H,22,23). The van der Waals surface area contributed by atoms with E-state index in [1.165, 1.54) is 0 Å². The molecule has 0 saturated heterocycles. The van der Waals surface area contributed by atoms with Crippen molar-refractivity contribution >= 4 is 34.6 Å². The van der Waals surface area contributed by atoms with E-state index in [9.17, 15) is 9.90 Å². The molecule has 0 bridgehead atoms. The Morgan fingerprint density at radius 2 is 2.04 bits per heavy atom. The second kappa shape index (κ2) is 5.74. The monoisotopic (exact) mass is 355 g/mol. The Bertz CT molecular complexity index is 1060. The van der Waals surface area contributed by atoms with Gasteiger partial charge in [-0.1, -0.05) is 29.8 Å². The lowest BCUT2D eigenvalue weighted by Crippen LogP contribution is -2.03. The minimum atomic E-state index is -1.04. The molecule has 0 aliphatic carbocycles. The molecule has 118 valence electrons. The Balaban J connectivity index is 2.01. The Labute approximate surface area is 145 Å². The van der Waals surface area contributed by atoms with Gasteiger partial charge in [-0.15, -0.1) is 16.4 Å². The number of hydrogen-bond acceptors (Lipinski definition) is 4. The highest BCUT2D eigenvalue weighted by atomic mass is 35.5. The molecule has 24 heavy (non-hydrogen) atoms. The quantitative estimate of drug-likeness (QED) is 0.588. The fourth-order valence-electron chi connectivity index (χ4n) is 2.49. The van der Waals surface area contributed by atoms with E-state index in [1.807, 2.05) is 29.6 Å². The van der Waals surface area contributed by atoms with Gasteiger partial charge in [0.05, 0.1) is 10.6 Å². The summed E-state index contributed by atoms with van der Waals surface area (Å²) in [4.78, 5) is 16.9. The highest BCUT2D eigenvalue weighted by Gasteiger charge is 2.18. The summed E-state index contributed by atoms with van der Waals surface area (Å²) >= 11 is 7.59. The number of pyridine rings is 1. The van der Waals surface area contributed by atoms with Gasteiger partial charge in [-0.05, 0) is 35.7 Å². The van der Waals surface area contributed by atoms with Crippen LogP contribution >= 0.6 is 22.9 Å². The van der Waals surface area contributed by atoms with E-state index >= 15 is 0 Å². The molecule has 0 aliphatic heterocycles. The van der Waals surface area contributed by atoms with E-state index in [2.05, 4.69) is 10.1 Å². The third kappa shape index (κ3) is 2.46. The van der Waals surface area contributed by atoms with Gasteiger partial charge in [0.25, 0.3) is 0 Å². The van der Waals surface area contributed by atoms with Gasteiger partial charge in [0.2, 0.25) is 0 Å². The van der Waals surface area contributed by atoms with Crippen LogP contribution in [0.15, 0.2) is 53.9 Å². The average Bonchev–Trinajstić information content (AvgIpc) is 3.23. The van der Waals surface area contributed by atoms with Crippen LogP contribution in [0.5, 0.6) is 0 Å². The summed E-state index contributed by atoms with van der Waals surface area (Å²) in [7, 11) is 0. The molecular formula is C17H10ClN3O2S. The minimum Gasteiger partial charge on any atom is -0.478 e. The second-order valence-corrected chi connectivity index (χ2v) is 6.48. The second-order valence-electron chi connectivity index (χ2n) is 5.10. The van der Waals surface area contributed by atoms with Gasteiger partial charge in [0.15, 0.2) is 11.5 Å². The average molecular weight is 356 g/mol. The van der Waals surface area contributed by atoms with E-state index in [4.69, 9.17) is 11.6 Å². The summed E-state index contributed by atoms with van der Waals surface area (Å²) in [6.45, 7) is 0. The topological polar surface area (TPSA) is 67.5 Å².